The van der Waals surface area contributed by atoms with Gasteiger partial charge in [-0.3, -0.25) is 9.13 Å². The lowest BCUT2D eigenvalue weighted by Crippen LogP contribution is -2.32. The molecular formula is C22H27BrClN5O. The van der Waals surface area contributed by atoms with E-state index in [1.54, 1.807) is 0 Å². The number of nitrogens with zero attached hydrogens (tertiary/aromatic N) is 4. The maximum absolute atomic E-state index is 13.2. The van der Waals surface area contributed by atoms with Crippen LogP contribution < -0.4 is 11.0 Å². The molecule has 0 radical (unpaired) electrons. The van der Waals surface area contributed by atoms with Gasteiger partial charge in [0.05, 0.1) is 0 Å². The Hall–Kier alpha value is -1.86. The Morgan fingerprint density at radius 3 is 2.60 bits per heavy atom. The van der Waals surface area contributed by atoms with E-state index in [0.29, 0.717) is 19.0 Å². The van der Waals surface area contributed by atoms with E-state index >= 15 is 0 Å². The molecule has 3 aliphatic heterocycles. The fraction of sp³-hybridized carbons (Fsp3) is 0.500. The fourth-order valence-corrected chi connectivity index (χ4v) is 5.01. The maximum Gasteiger partial charge on any atom is 0.331 e. The molecule has 0 amide bonds. The number of hydrogen-bond donors (Lipinski definition) is 1. The summed E-state index contributed by atoms with van der Waals surface area (Å²) in [5, 5.41) is 3.59. The van der Waals surface area contributed by atoms with Crippen molar-refractivity contribution in [1.29, 1.82) is 0 Å². The summed E-state index contributed by atoms with van der Waals surface area (Å²) < 4.78 is 4.77. The lowest BCUT2D eigenvalue weighted by molar-refractivity contribution is 0.560. The highest BCUT2D eigenvalue weighted by molar-refractivity contribution is 9.10. The van der Waals surface area contributed by atoms with Crippen molar-refractivity contribution in [2.45, 2.75) is 70.5 Å². The van der Waals surface area contributed by atoms with Crippen LogP contribution in [0, 0.1) is 0 Å². The number of nitrogens with one attached hydrogen (secondary N) is 1. The van der Waals surface area contributed by atoms with Crippen LogP contribution in [0.4, 0.5) is 5.82 Å². The molecule has 4 aliphatic rings. The summed E-state index contributed by atoms with van der Waals surface area (Å²) >= 11 is 3.49. The van der Waals surface area contributed by atoms with Crippen molar-refractivity contribution in [3.8, 4) is 11.5 Å². The number of imidazole rings is 1. The van der Waals surface area contributed by atoms with Crippen molar-refractivity contribution in [2.75, 3.05) is 5.32 Å². The van der Waals surface area contributed by atoms with Gasteiger partial charge in [-0.25, -0.2) is 14.8 Å². The molecule has 1 aromatic carbocycles. The van der Waals surface area contributed by atoms with Crippen molar-refractivity contribution in [3.63, 3.8) is 0 Å². The minimum atomic E-state index is 0. The van der Waals surface area contributed by atoms with Crippen LogP contribution in [0.15, 0.2) is 33.5 Å². The first kappa shape index (κ1) is 21.4. The smallest absolute Gasteiger partial charge is 0.331 e. The zero-order valence-corrected chi connectivity index (χ0v) is 19.5. The second kappa shape index (κ2) is 8.71. The molecule has 0 saturated heterocycles. The Morgan fingerprint density at radius 1 is 1.17 bits per heavy atom. The molecule has 160 valence electrons. The van der Waals surface area contributed by atoms with Crippen molar-refractivity contribution in [3.05, 3.63) is 50.6 Å². The maximum atomic E-state index is 13.2. The second-order valence-corrected chi connectivity index (χ2v) is 9.22. The Labute approximate surface area is 191 Å². The van der Waals surface area contributed by atoms with Gasteiger partial charge >= 0.3 is 5.69 Å². The molecule has 30 heavy (non-hydrogen) atoms. The Balaban J connectivity index is 0.00000218. The third kappa shape index (κ3) is 3.78. The summed E-state index contributed by atoms with van der Waals surface area (Å²) in [6.45, 7) is 3.43. The molecule has 1 saturated carbocycles. The van der Waals surface area contributed by atoms with Crippen LogP contribution >= 0.6 is 28.3 Å². The highest BCUT2D eigenvalue weighted by Gasteiger charge is 2.33. The van der Waals surface area contributed by atoms with E-state index in [1.165, 1.54) is 18.4 Å². The van der Waals surface area contributed by atoms with E-state index in [-0.39, 0.29) is 24.1 Å². The van der Waals surface area contributed by atoms with Crippen LogP contribution in [0.5, 0.6) is 0 Å². The van der Waals surface area contributed by atoms with Gasteiger partial charge in [-0.15, -0.1) is 12.4 Å². The number of aromatic nitrogens is 4. The van der Waals surface area contributed by atoms with Gasteiger partial charge in [0.25, 0.3) is 0 Å². The molecule has 5 rings (SSSR count). The highest BCUT2D eigenvalue weighted by atomic mass is 79.9. The Bertz CT molecular complexity index is 1050. The standard InChI is InChI=1S/C22H26BrN5O.ClH/c1-2-11-27-21-18(25-19(26-21)15-5-3-4-6-15)20-24-17(13-28(20)22(27)29)12-14-7-9-16(23)10-8-14;/h7-10,15,17,24H,2-6,11-13H2,1H3;1H. The molecule has 0 aromatic heterocycles. The average Bonchev–Trinajstić information content (AvgIpc) is 3.45. The number of halogens is 2. The summed E-state index contributed by atoms with van der Waals surface area (Å²) in [4.78, 5) is 23.1. The van der Waals surface area contributed by atoms with Crippen LogP contribution in [0.3, 0.4) is 0 Å². The number of benzene rings is 1. The quantitative estimate of drug-likeness (QED) is 0.554. The normalized spacial score (nSPS) is 18.4. The largest absolute Gasteiger partial charge is 0.365 e. The summed E-state index contributed by atoms with van der Waals surface area (Å²) in [5.74, 6) is 2.96. The SMILES string of the molecule is CCCn1c2nc(C3CCCC3)nc-2c2n(c1=O)CC(Cc1ccc(Br)cc1)N2.Cl. The molecular weight excluding hydrogens is 466 g/mol. The summed E-state index contributed by atoms with van der Waals surface area (Å²) in [6, 6.07) is 8.56. The van der Waals surface area contributed by atoms with Gasteiger partial charge in [0.15, 0.2) is 5.82 Å². The van der Waals surface area contributed by atoms with E-state index in [2.05, 4.69) is 52.4 Å². The average molecular weight is 493 g/mol. The number of rotatable bonds is 5. The topological polar surface area (TPSA) is 64.7 Å². The van der Waals surface area contributed by atoms with Crippen LogP contribution in [0.25, 0.3) is 11.5 Å². The minimum absolute atomic E-state index is 0. The third-order valence-corrected chi connectivity index (χ3v) is 6.71. The minimum Gasteiger partial charge on any atom is -0.365 e. The molecule has 6 nitrogen and oxygen atoms in total. The van der Waals surface area contributed by atoms with Gasteiger partial charge in [-0.1, -0.05) is 47.8 Å². The van der Waals surface area contributed by atoms with E-state index in [9.17, 15) is 4.79 Å². The van der Waals surface area contributed by atoms with E-state index in [1.807, 2.05) is 9.13 Å². The van der Waals surface area contributed by atoms with Gasteiger partial charge in [0, 0.05) is 29.5 Å². The van der Waals surface area contributed by atoms with E-state index in [4.69, 9.17) is 9.97 Å². The predicted octanol–water partition coefficient (Wildman–Crippen LogP) is 4.83. The first-order valence-corrected chi connectivity index (χ1v) is 11.4. The number of anilines is 1. The lowest BCUT2D eigenvalue weighted by Gasteiger charge is -2.13. The molecule has 1 aliphatic carbocycles. The molecule has 1 aromatic rings. The van der Waals surface area contributed by atoms with Gasteiger partial charge in [-0.05, 0) is 43.4 Å². The monoisotopic (exact) mass is 491 g/mol. The van der Waals surface area contributed by atoms with Gasteiger partial charge < -0.3 is 5.32 Å². The third-order valence-electron chi connectivity index (χ3n) is 6.18. The summed E-state index contributed by atoms with van der Waals surface area (Å²) in [5.41, 5.74) is 2.14. The van der Waals surface area contributed by atoms with Crippen LogP contribution in [-0.2, 0) is 19.5 Å². The van der Waals surface area contributed by atoms with Crippen LogP contribution in [0.1, 0.15) is 56.3 Å². The Morgan fingerprint density at radius 2 is 1.90 bits per heavy atom. The Kier molecular flexibility index (Phi) is 6.21. The van der Waals surface area contributed by atoms with Gasteiger partial charge in [-0.2, -0.15) is 0 Å². The van der Waals surface area contributed by atoms with Crippen LogP contribution in [0.2, 0.25) is 0 Å². The van der Waals surface area contributed by atoms with Crippen molar-refractivity contribution in [1.82, 2.24) is 19.1 Å². The molecule has 1 unspecified atom stereocenters. The van der Waals surface area contributed by atoms with Gasteiger partial charge in [0.2, 0.25) is 0 Å². The van der Waals surface area contributed by atoms with Crippen LogP contribution in [-0.4, -0.2) is 25.1 Å². The van der Waals surface area contributed by atoms with Gasteiger partial charge in [0.1, 0.15) is 17.3 Å². The zero-order valence-electron chi connectivity index (χ0n) is 17.1. The van der Waals surface area contributed by atoms with Crippen molar-refractivity contribution < 1.29 is 0 Å². The molecule has 8 heteroatoms. The molecule has 1 atom stereocenters. The highest BCUT2D eigenvalue weighted by Crippen LogP contribution is 2.37. The molecule has 0 bridgehead atoms. The van der Waals surface area contributed by atoms with Crippen molar-refractivity contribution in [2.24, 2.45) is 0 Å². The second-order valence-electron chi connectivity index (χ2n) is 8.30. The summed E-state index contributed by atoms with van der Waals surface area (Å²) in [7, 11) is 0. The molecule has 1 fully saturated rings. The number of fused-ring (bicyclic) bond motifs is 3. The lowest BCUT2D eigenvalue weighted by atomic mass is 10.1. The predicted molar refractivity (Wildman–Crippen MR) is 125 cm³/mol. The molecule has 0 spiro atoms. The first-order chi connectivity index (χ1) is 14.1. The fourth-order valence-electron chi connectivity index (χ4n) is 4.75. The molecule has 1 N–H and O–H groups in total. The zero-order chi connectivity index (χ0) is 20.0. The van der Waals surface area contributed by atoms with E-state index in [0.717, 1.165) is 53.3 Å². The van der Waals surface area contributed by atoms with Crippen molar-refractivity contribution >= 4 is 34.2 Å². The number of hydrogen-bond acceptors (Lipinski definition) is 4. The summed E-state index contributed by atoms with van der Waals surface area (Å²) in [6.07, 6.45) is 6.57. The first-order valence-electron chi connectivity index (χ1n) is 10.7. The van der Waals surface area contributed by atoms with E-state index < -0.39 is 0 Å². The molecule has 3 heterocycles.